The third-order valence-electron chi connectivity index (χ3n) is 4.84. The minimum Gasteiger partial charge on any atom is -0.484 e. The number of amides is 1. The number of hydrogen-bond donors (Lipinski definition) is 1. The van der Waals surface area contributed by atoms with Crippen LogP contribution in [0, 0.1) is 6.92 Å². The highest BCUT2D eigenvalue weighted by molar-refractivity contribution is 7.99. The van der Waals surface area contributed by atoms with Crippen molar-refractivity contribution < 1.29 is 19.1 Å². The number of halogens is 1. The summed E-state index contributed by atoms with van der Waals surface area (Å²) in [5.41, 5.74) is 1.30. The van der Waals surface area contributed by atoms with Crippen molar-refractivity contribution in [3.05, 3.63) is 63.8 Å². The number of thiophene rings is 1. The van der Waals surface area contributed by atoms with Crippen LogP contribution < -0.4 is 10.1 Å². The monoisotopic (exact) mass is 520 g/mol. The summed E-state index contributed by atoms with van der Waals surface area (Å²) in [5, 5.41) is 12.8. The predicted molar refractivity (Wildman–Crippen MR) is 135 cm³/mol. The lowest BCUT2D eigenvalue weighted by Crippen LogP contribution is -2.17. The van der Waals surface area contributed by atoms with Crippen LogP contribution in [0.4, 0.5) is 5.00 Å². The number of methoxy groups -OCH3 is 1. The third-order valence-corrected chi connectivity index (χ3v) is 7.18. The summed E-state index contributed by atoms with van der Waals surface area (Å²) < 4.78 is 12.5. The number of nitrogens with one attached hydrogen (secondary N) is 1. The lowest BCUT2D eigenvalue weighted by Gasteiger charge is -2.10. The highest BCUT2D eigenvalue weighted by atomic mass is 35.5. The second-order valence-electron chi connectivity index (χ2n) is 7.04. The van der Waals surface area contributed by atoms with Crippen molar-refractivity contribution in [1.29, 1.82) is 0 Å². The predicted octanol–water partition coefficient (Wildman–Crippen LogP) is 5.15. The number of carbonyl (C=O) groups excluding carboxylic acids is 2. The molecule has 0 saturated carbocycles. The first-order valence-corrected chi connectivity index (χ1v) is 12.6. The Hall–Kier alpha value is -2.82. The molecule has 0 unspecified atom stereocenters. The number of aryl methyl sites for hydroxylation is 1. The van der Waals surface area contributed by atoms with E-state index in [1.54, 1.807) is 18.2 Å². The van der Waals surface area contributed by atoms with E-state index in [1.165, 1.54) is 30.2 Å². The van der Waals surface area contributed by atoms with Crippen LogP contribution >= 0.6 is 34.7 Å². The number of benzene rings is 1. The zero-order chi connectivity index (χ0) is 24.7. The largest absolute Gasteiger partial charge is 0.484 e. The van der Waals surface area contributed by atoms with E-state index in [0.717, 1.165) is 10.4 Å². The Bertz CT molecular complexity index is 1190. The summed E-state index contributed by atoms with van der Waals surface area (Å²) in [6, 6.07) is 7.18. The molecule has 1 aromatic carbocycles. The van der Waals surface area contributed by atoms with Crippen LogP contribution in [0.1, 0.15) is 33.5 Å². The second-order valence-corrected chi connectivity index (χ2v) is 9.61. The molecule has 180 valence electrons. The van der Waals surface area contributed by atoms with Gasteiger partial charge in [-0.05, 0) is 31.0 Å². The molecular weight excluding hydrogens is 496 g/mol. The van der Waals surface area contributed by atoms with Crippen LogP contribution in [-0.4, -0.2) is 39.5 Å². The maximum atomic E-state index is 12.7. The summed E-state index contributed by atoms with van der Waals surface area (Å²) in [5.74, 6) is 0.487. The normalized spacial score (nSPS) is 10.7. The van der Waals surface area contributed by atoms with Gasteiger partial charge >= 0.3 is 5.97 Å². The smallest absolute Gasteiger partial charge is 0.341 e. The van der Waals surface area contributed by atoms with Gasteiger partial charge in [-0.15, -0.1) is 28.1 Å². The molecule has 0 fully saturated rings. The second kappa shape index (κ2) is 12.0. The zero-order valence-electron chi connectivity index (χ0n) is 19.1. The molecule has 0 radical (unpaired) electrons. The first-order valence-electron chi connectivity index (χ1n) is 10.4. The highest BCUT2D eigenvalue weighted by Crippen LogP contribution is 2.34. The first-order chi connectivity index (χ1) is 16.4. The molecular formula is C23H25ClN4O4S2. The molecule has 3 aromatic rings. The quantitative estimate of drug-likeness (QED) is 0.212. The van der Waals surface area contributed by atoms with Crippen molar-refractivity contribution in [3.8, 4) is 5.75 Å². The number of thioether (sulfide) groups is 1. The fraction of sp³-hybridized carbons (Fsp3) is 0.304. The molecule has 0 aliphatic rings. The minimum absolute atomic E-state index is 0.0830. The lowest BCUT2D eigenvalue weighted by atomic mass is 10.1. The third kappa shape index (κ3) is 5.99. The maximum Gasteiger partial charge on any atom is 0.341 e. The number of hydrogen-bond acceptors (Lipinski definition) is 8. The Morgan fingerprint density at radius 1 is 1.32 bits per heavy atom. The SMILES string of the molecule is C=CCn1c(COc2ccccc2Cl)nnc1SCC(=O)Nc1sc(C)c(CC)c1C(=O)OC. The van der Waals surface area contributed by atoms with Crippen molar-refractivity contribution in [2.45, 2.75) is 38.6 Å². The Labute approximate surface area is 211 Å². The van der Waals surface area contributed by atoms with Gasteiger partial charge in [-0.3, -0.25) is 9.36 Å². The molecule has 11 heteroatoms. The number of allylic oxidation sites excluding steroid dienone is 1. The molecule has 0 atom stereocenters. The van der Waals surface area contributed by atoms with E-state index in [2.05, 4.69) is 22.1 Å². The molecule has 2 aromatic heterocycles. The van der Waals surface area contributed by atoms with Crippen molar-refractivity contribution in [2.24, 2.45) is 0 Å². The van der Waals surface area contributed by atoms with Crippen LogP contribution in [0.2, 0.25) is 5.02 Å². The topological polar surface area (TPSA) is 95.3 Å². The average Bonchev–Trinajstić information content (AvgIpc) is 3.36. The van der Waals surface area contributed by atoms with E-state index in [0.29, 0.717) is 45.3 Å². The number of rotatable bonds is 11. The van der Waals surface area contributed by atoms with Gasteiger partial charge in [-0.2, -0.15) is 0 Å². The van der Waals surface area contributed by atoms with Crippen LogP contribution in [0.3, 0.4) is 0 Å². The summed E-state index contributed by atoms with van der Waals surface area (Å²) in [4.78, 5) is 25.9. The Morgan fingerprint density at radius 3 is 2.76 bits per heavy atom. The van der Waals surface area contributed by atoms with Gasteiger partial charge in [0.1, 0.15) is 17.4 Å². The van der Waals surface area contributed by atoms with Gasteiger partial charge in [-0.1, -0.05) is 48.5 Å². The van der Waals surface area contributed by atoms with Crippen LogP contribution in [0.15, 0.2) is 42.1 Å². The molecule has 2 heterocycles. The number of para-hydroxylation sites is 1. The molecule has 3 rings (SSSR count). The van der Waals surface area contributed by atoms with Gasteiger partial charge in [0, 0.05) is 11.4 Å². The van der Waals surface area contributed by atoms with E-state index in [1.807, 2.05) is 30.5 Å². The molecule has 8 nitrogen and oxygen atoms in total. The standard InChI is InChI=1S/C23H25ClN4O4S2/c1-5-11-28-18(12-32-17-10-8-7-9-16(17)24)26-27-23(28)33-13-19(29)25-21-20(22(30)31-4)15(6-2)14(3)34-21/h5,7-10H,1,6,11-13H2,2-4H3,(H,25,29). The highest BCUT2D eigenvalue weighted by Gasteiger charge is 2.23. The van der Waals surface area contributed by atoms with E-state index < -0.39 is 5.97 Å². The number of aromatic nitrogens is 3. The number of nitrogens with zero attached hydrogens (tertiary/aromatic N) is 3. The van der Waals surface area contributed by atoms with E-state index >= 15 is 0 Å². The summed E-state index contributed by atoms with van der Waals surface area (Å²) in [6.07, 6.45) is 2.39. The van der Waals surface area contributed by atoms with E-state index in [4.69, 9.17) is 21.1 Å². The molecule has 0 saturated heterocycles. The molecule has 0 aliphatic heterocycles. The summed E-state index contributed by atoms with van der Waals surface area (Å²) in [6.45, 7) is 8.28. The summed E-state index contributed by atoms with van der Waals surface area (Å²) >= 11 is 8.75. The number of carbonyl (C=O) groups is 2. The minimum atomic E-state index is -0.460. The van der Waals surface area contributed by atoms with Crippen LogP contribution in [-0.2, 0) is 29.1 Å². The van der Waals surface area contributed by atoms with Gasteiger partial charge in [0.15, 0.2) is 11.0 Å². The number of esters is 1. The number of anilines is 1. The van der Waals surface area contributed by atoms with E-state index in [-0.39, 0.29) is 18.3 Å². The van der Waals surface area contributed by atoms with Gasteiger partial charge < -0.3 is 14.8 Å². The zero-order valence-corrected chi connectivity index (χ0v) is 21.5. The molecule has 34 heavy (non-hydrogen) atoms. The molecule has 0 bridgehead atoms. The fourth-order valence-corrected chi connectivity index (χ4v) is 5.36. The molecule has 1 amide bonds. The lowest BCUT2D eigenvalue weighted by molar-refractivity contribution is -0.113. The van der Waals surface area contributed by atoms with Crippen molar-refractivity contribution in [3.63, 3.8) is 0 Å². The van der Waals surface area contributed by atoms with Gasteiger partial charge in [0.25, 0.3) is 0 Å². The summed E-state index contributed by atoms with van der Waals surface area (Å²) in [7, 11) is 1.33. The molecule has 0 spiro atoms. The van der Waals surface area contributed by atoms with E-state index in [9.17, 15) is 9.59 Å². The van der Waals surface area contributed by atoms with Crippen molar-refractivity contribution in [2.75, 3.05) is 18.2 Å². The van der Waals surface area contributed by atoms with Gasteiger partial charge in [-0.25, -0.2) is 4.79 Å². The fourth-order valence-electron chi connectivity index (χ4n) is 3.25. The first kappa shape index (κ1) is 25.8. The van der Waals surface area contributed by atoms with Gasteiger partial charge in [0.05, 0.1) is 23.4 Å². The molecule has 1 N–H and O–H groups in total. The number of ether oxygens (including phenoxy) is 2. The van der Waals surface area contributed by atoms with Crippen molar-refractivity contribution in [1.82, 2.24) is 14.8 Å². The Kier molecular flexibility index (Phi) is 9.14. The molecule has 0 aliphatic carbocycles. The average molecular weight is 521 g/mol. The Balaban J connectivity index is 1.68. The van der Waals surface area contributed by atoms with Crippen molar-refractivity contribution >= 4 is 51.6 Å². The Morgan fingerprint density at radius 2 is 2.09 bits per heavy atom. The maximum absolute atomic E-state index is 12.7. The van der Waals surface area contributed by atoms with Crippen LogP contribution in [0.25, 0.3) is 0 Å². The van der Waals surface area contributed by atoms with Gasteiger partial charge in [0.2, 0.25) is 5.91 Å². The van der Waals surface area contributed by atoms with Crippen LogP contribution in [0.5, 0.6) is 5.75 Å².